The van der Waals surface area contributed by atoms with E-state index in [1.54, 1.807) is 11.1 Å². The van der Waals surface area contributed by atoms with Crippen molar-refractivity contribution in [2.24, 2.45) is 34.5 Å². The van der Waals surface area contributed by atoms with Crippen molar-refractivity contribution < 1.29 is 9.47 Å². The minimum Gasteiger partial charge on any atom is -0.496 e. The molecule has 7 aliphatic rings. The number of rotatable bonds is 2. The first kappa shape index (κ1) is 11.2. The average molecular weight is 292 g/mol. The van der Waals surface area contributed by atoms with Crippen LogP contribution in [0.3, 0.4) is 0 Å². The summed E-state index contributed by atoms with van der Waals surface area (Å²) in [6.45, 7) is 0. The van der Waals surface area contributed by atoms with E-state index in [2.05, 4.69) is 24.3 Å². The number of methoxy groups -OCH3 is 2. The Morgan fingerprint density at radius 3 is 1.77 bits per heavy atom. The molecule has 8 rings (SSSR count). The van der Waals surface area contributed by atoms with Crippen molar-refractivity contribution in [1.82, 2.24) is 0 Å². The Labute approximate surface area is 130 Å². The van der Waals surface area contributed by atoms with Crippen molar-refractivity contribution in [3.8, 4) is 11.5 Å². The maximum absolute atomic E-state index is 5.81. The molecule has 2 spiro atoms. The minimum atomic E-state index is 0.600. The molecule has 2 nitrogen and oxygen atoms in total. The average Bonchev–Trinajstić information content (AvgIpc) is 3.37. The number of ether oxygens (including phenoxy) is 2. The lowest BCUT2D eigenvalue weighted by Crippen LogP contribution is -2.41. The Bertz CT molecular complexity index is 732. The van der Waals surface area contributed by atoms with Crippen LogP contribution in [0.5, 0.6) is 11.5 Å². The van der Waals surface area contributed by atoms with Crippen LogP contribution in [0.25, 0.3) is 0 Å². The van der Waals surface area contributed by atoms with Crippen LogP contribution in [-0.2, 0) is 0 Å². The zero-order chi connectivity index (χ0) is 14.4. The first-order valence-electron chi connectivity index (χ1n) is 8.72. The third-order valence-electron chi connectivity index (χ3n) is 8.70. The van der Waals surface area contributed by atoms with Crippen LogP contribution in [0.2, 0.25) is 0 Å². The normalized spacial score (nSPS) is 55.5. The highest BCUT2D eigenvalue weighted by Crippen LogP contribution is 3.06. The summed E-state index contributed by atoms with van der Waals surface area (Å²) >= 11 is 0. The highest BCUT2D eigenvalue weighted by Gasteiger charge is 3.01. The van der Waals surface area contributed by atoms with E-state index < -0.39 is 0 Å². The third-order valence-corrected chi connectivity index (χ3v) is 8.70. The molecule has 22 heavy (non-hydrogen) atoms. The van der Waals surface area contributed by atoms with Crippen LogP contribution < -0.4 is 9.47 Å². The van der Waals surface area contributed by atoms with E-state index in [1.807, 2.05) is 14.2 Å². The maximum Gasteiger partial charge on any atom is 0.122 e. The van der Waals surface area contributed by atoms with E-state index in [1.165, 1.54) is 12.8 Å². The molecule has 0 aromatic heterocycles. The number of allylic oxidation sites excluding steroid dienone is 2. The predicted octanol–water partition coefficient (Wildman–Crippen LogP) is 3.73. The summed E-state index contributed by atoms with van der Waals surface area (Å²) in [7, 11) is 3.67. The van der Waals surface area contributed by atoms with Gasteiger partial charge in [0.05, 0.1) is 14.2 Å². The lowest BCUT2D eigenvalue weighted by atomic mass is 9.53. The van der Waals surface area contributed by atoms with Crippen LogP contribution in [0, 0.1) is 34.5 Å². The standard InChI is InChI=1S/C20H20O2/c1-21-9-5-6-10(22-2)12-11(9)16-13-14-15(13)18-19(16)7-3-4-8-20(18,19)17(12)14/h3-6,13-18H,7-8H2,1-2H3/t13-,14+,15?,16-,17-,18?,19-,20-/m0/s1. The van der Waals surface area contributed by atoms with Gasteiger partial charge in [0, 0.05) is 11.1 Å². The van der Waals surface area contributed by atoms with E-state index >= 15 is 0 Å². The first-order valence-corrected chi connectivity index (χ1v) is 8.72. The zero-order valence-electron chi connectivity index (χ0n) is 13.0. The van der Waals surface area contributed by atoms with Gasteiger partial charge in [0.2, 0.25) is 0 Å². The largest absolute Gasteiger partial charge is 0.496 e. The molecule has 0 aliphatic heterocycles. The van der Waals surface area contributed by atoms with Gasteiger partial charge in [-0.15, -0.1) is 0 Å². The van der Waals surface area contributed by atoms with Gasteiger partial charge in [0.1, 0.15) is 11.5 Å². The van der Waals surface area contributed by atoms with Crippen LogP contribution >= 0.6 is 0 Å². The number of benzene rings is 1. The van der Waals surface area contributed by atoms with Crippen LogP contribution in [-0.4, -0.2) is 14.2 Å². The van der Waals surface area contributed by atoms with Crippen LogP contribution in [0.15, 0.2) is 24.3 Å². The smallest absolute Gasteiger partial charge is 0.122 e. The van der Waals surface area contributed by atoms with Gasteiger partial charge in [-0.2, -0.15) is 0 Å². The lowest BCUT2D eigenvalue weighted by molar-refractivity contribution is 0.129. The van der Waals surface area contributed by atoms with E-state index in [0.29, 0.717) is 10.8 Å². The Morgan fingerprint density at radius 2 is 1.32 bits per heavy atom. The molecule has 2 heteroatoms. The zero-order valence-corrected chi connectivity index (χ0v) is 13.0. The van der Waals surface area contributed by atoms with E-state index in [9.17, 15) is 0 Å². The summed E-state index contributed by atoms with van der Waals surface area (Å²) in [5.74, 6) is 7.72. The highest BCUT2D eigenvalue weighted by molar-refractivity contribution is 5.69. The van der Waals surface area contributed by atoms with E-state index in [-0.39, 0.29) is 0 Å². The molecule has 2 bridgehead atoms. The van der Waals surface area contributed by atoms with Gasteiger partial charge in [-0.05, 0) is 71.3 Å². The Balaban J connectivity index is 1.60. The van der Waals surface area contributed by atoms with Crippen molar-refractivity contribution >= 4 is 0 Å². The molecular weight excluding hydrogens is 272 g/mol. The highest BCUT2D eigenvalue weighted by atomic mass is 16.5. The molecule has 112 valence electrons. The second kappa shape index (κ2) is 2.86. The molecule has 4 fully saturated rings. The van der Waals surface area contributed by atoms with Gasteiger partial charge in [0.25, 0.3) is 0 Å². The van der Waals surface area contributed by atoms with Crippen molar-refractivity contribution in [2.75, 3.05) is 14.2 Å². The SMILES string of the molecule is COc1ccc(OC)c2c1[C@H]1[C@@H]3C4C5[C@]16CC=CC[C@]56[C@@H]2[C@@H]43. The Hall–Kier alpha value is -1.44. The predicted molar refractivity (Wildman–Crippen MR) is 82.2 cm³/mol. The topological polar surface area (TPSA) is 18.5 Å². The summed E-state index contributed by atoms with van der Waals surface area (Å²) in [4.78, 5) is 0. The molecule has 1 aromatic rings. The minimum absolute atomic E-state index is 0.600. The third kappa shape index (κ3) is 0.714. The summed E-state index contributed by atoms with van der Waals surface area (Å²) in [6.07, 6.45) is 7.59. The molecule has 0 heterocycles. The monoisotopic (exact) mass is 292 g/mol. The number of hydrogen-bond acceptors (Lipinski definition) is 2. The van der Waals surface area contributed by atoms with Gasteiger partial charge < -0.3 is 9.47 Å². The van der Waals surface area contributed by atoms with Gasteiger partial charge in [-0.3, -0.25) is 0 Å². The maximum atomic E-state index is 5.81. The molecule has 7 aliphatic carbocycles. The van der Waals surface area contributed by atoms with Crippen molar-refractivity contribution in [2.45, 2.75) is 24.7 Å². The fourth-order valence-electron chi connectivity index (χ4n) is 8.68. The summed E-state index contributed by atoms with van der Waals surface area (Å²) in [5, 5.41) is 0. The molecule has 0 radical (unpaired) electrons. The molecule has 4 saturated carbocycles. The summed E-state index contributed by atoms with van der Waals surface area (Å²) in [5.41, 5.74) is 4.29. The van der Waals surface area contributed by atoms with Crippen LogP contribution in [0.1, 0.15) is 35.8 Å². The Morgan fingerprint density at radius 1 is 0.818 bits per heavy atom. The molecule has 1 aromatic carbocycles. The van der Waals surface area contributed by atoms with Crippen molar-refractivity contribution in [3.05, 3.63) is 35.4 Å². The summed E-state index contributed by atoms with van der Waals surface area (Å²) in [6, 6.07) is 4.29. The molecule has 0 N–H and O–H groups in total. The number of hydrogen-bond donors (Lipinski definition) is 0. The van der Waals surface area contributed by atoms with E-state index in [4.69, 9.17) is 9.47 Å². The first-order chi connectivity index (χ1) is 10.8. The molecule has 0 amide bonds. The second-order valence-corrected chi connectivity index (χ2v) is 8.42. The lowest BCUT2D eigenvalue weighted by Gasteiger charge is -2.50. The molecule has 2 unspecified atom stereocenters. The van der Waals surface area contributed by atoms with Gasteiger partial charge in [-0.1, -0.05) is 12.2 Å². The fourth-order valence-corrected chi connectivity index (χ4v) is 8.68. The van der Waals surface area contributed by atoms with Gasteiger partial charge in [0.15, 0.2) is 0 Å². The Kier molecular flexibility index (Phi) is 1.45. The van der Waals surface area contributed by atoms with Crippen molar-refractivity contribution in [1.29, 1.82) is 0 Å². The molecule has 0 saturated heterocycles. The second-order valence-electron chi connectivity index (χ2n) is 8.42. The van der Waals surface area contributed by atoms with Gasteiger partial charge >= 0.3 is 0 Å². The van der Waals surface area contributed by atoms with Gasteiger partial charge in [-0.25, -0.2) is 0 Å². The van der Waals surface area contributed by atoms with E-state index in [0.717, 1.165) is 47.0 Å². The molecule has 8 atom stereocenters. The fraction of sp³-hybridized carbons (Fsp3) is 0.600. The summed E-state index contributed by atoms with van der Waals surface area (Å²) < 4.78 is 11.6. The molecular formula is C20H20O2. The van der Waals surface area contributed by atoms with Crippen LogP contribution in [0.4, 0.5) is 0 Å². The van der Waals surface area contributed by atoms with Crippen molar-refractivity contribution in [3.63, 3.8) is 0 Å². The quantitative estimate of drug-likeness (QED) is 0.773.